The average molecular weight is 302 g/mol. The highest BCUT2D eigenvalue weighted by atomic mass is 19.1. The molecule has 0 aliphatic carbocycles. The van der Waals surface area contributed by atoms with Crippen LogP contribution in [0.5, 0.6) is 5.75 Å². The molecule has 0 aliphatic heterocycles. The highest BCUT2D eigenvalue weighted by Crippen LogP contribution is 2.13. The van der Waals surface area contributed by atoms with Gasteiger partial charge in [0.05, 0.1) is 0 Å². The van der Waals surface area contributed by atoms with Crippen LogP contribution in [-0.2, 0) is 9.59 Å². The van der Waals surface area contributed by atoms with Gasteiger partial charge >= 0.3 is 0 Å². The Morgan fingerprint density at radius 2 is 1.86 bits per heavy atom. The minimum Gasteiger partial charge on any atom is -0.484 e. The number of nitrogens with two attached hydrogens (primary N) is 1. The summed E-state index contributed by atoms with van der Waals surface area (Å²) in [6, 6.07) is 13.1. The maximum absolute atomic E-state index is 13.0. The van der Waals surface area contributed by atoms with Crippen LogP contribution in [0.3, 0.4) is 0 Å². The van der Waals surface area contributed by atoms with E-state index in [0.29, 0.717) is 5.56 Å². The molecule has 22 heavy (non-hydrogen) atoms. The molecule has 0 unspecified atom stereocenters. The Labute approximate surface area is 126 Å². The van der Waals surface area contributed by atoms with Gasteiger partial charge in [0.2, 0.25) is 5.91 Å². The molecule has 2 amide bonds. The Morgan fingerprint density at radius 1 is 1.14 bits per heavy atom. The second-order valence-electron chi connectivity index (χ2n) is 4.56. The summed E-state index contributed by atoms with van der Waals surface area (Å²) in [5.41, 5.74) is 5.88. The van der Waals surface area contributed by atoms with Crippen molar-refractivity contribution in [1.82, 2.24) is 5.32 Å². The molecule has 0 fully saturated rings. The van der Waals surface area contributed by atoms with E-state index in [1.807, 2.05) is 0 Å². The highest BCUT2D eigenvalue weighted by molar-refractivity contribution is 5.88. The van der Waals surface area contributed by atoms with Crippen LogP contribution >= 0.6 is 0 Å². The van der Waals surface area contributed by atoms with Crippen LogP contribution in [0.25, 0.3) is 0 Å². The SMILES string of the molecule is NC(=O)[C@@H](NC(=O)COc1cccc(F)c1)c1ccccc1. The van der Waals surface area contributed by atoms with Crippen LogP contribution < -0.4 is 15.8 Å². The maximum Gasteiger partial charge on any atom is 0.258 e. The monoisotopic (exact) mass is 302 g/mol. The molecule has 2 aromatic carbocycles. The van der Waals surface area contributed by atoms with Crippen molar-refractivity contribution >= 4 is 11.8 Å². The predicted molar refractivity (Wildman–Crippen MR) is 78.4 cm³/mol. The average Bonchev–Trinajstić information content (AvgIpc) is 2.51. The van der Waals surface area contributed by atoms with Crippen molar-refractivity contribution in [2.45, 2.75) is 6.04 Å². The number of nitrogens with one attached hydrogen (secondary N) is 1. The van der Waals surface area contributed by atoms with Crippen molar-refractivity contribution in [1.29, 1.82) is 0 Å². The molecule has 0 aromatic heterocycles. The largest absolute Gasteiger partial charge is 0.484 e. The maximum atomic E-state index is 13.0. The van der Waals surface area contributed by atoms with E-state index >= 15 is 0 Å². The van der Waals surface area contributed by atoms with Gasteiger partial charge in [-0.25, -0.2) is 4.39 Å². The van der Waals surface area contributed by atoms with Crippen LogP contribution in [0.4, 0.5) is 4.39 Å². The molecule has 2 aromatic rings. The molecule has 5 nitrogen and oxygen atoms in total. The fourth-order valence-corrected chi connectivity index (χ4v) is 1.87. The molecule has 0 spiro atoms. The lowest BCUT2D eigenvalue weighted by Gasteiger charge is -2.16. The number of carbonyl (C=O) groups excluding carboxylic acids is 2. The zero-order valence-electron chi connectivity index (χ0n) is 11.7. The summed E-state index contributed by atoms with van der Waals surface area (Å²) in [5.74, 6) is -1.44. The minimum atomic E-state index is -0.940. The van der Waals surface area contributed by atoms with E-state index in [1.165, 1.54) is 18.2 Å². The third kappa shape index (κ3) is 4.31. The Morgan fingerprint density at radius 3 is 2.50 bits per heavy atom. The second kappa shape index (κ2) is 7.21. The van der Waals surface area contributed by atoms with Gasteiger partial charge in [0.1, 0.15) is 17.6 Å². The molecule has 3 N–H and O–H groups in total. The van der Waals surface area contributed by atoms with Gasteiger partial charge in [0.15, 0.2) is 6.61 Å². The number of hydrogen-bond donors (Lipinski definition) is 2. The van der Waals surface area contributed by atoms with E-state index in [-0.39, 0.29) is 12.4 Å². The number of benzene rings is 2. The van der Waals surface area contributed by atoms with Crippen LogP contribution in [0.15, 0.2) is 54.6 Å². The summed E-state index contributed by atoms with van der Waals surface area (Å²) in [4.78, 5) is 23.3. The number of carbonyl (C=O) groups is 2. The second-order valence-corrected chi connectivity index (χ2v) is 4.56. The Kier molecular flexibility index (Phi) is 5.08. The summed E-state index contributed by atoms with van der Waals surface area (Å²) in [6.45, 7) is -0.347. The van der Waals surface area contributed by atoms with Crippen molar-refractivity contribution < 1.29 is 18.7 Å². The lowest BCUT2D eigenvalue weighted by atomic mass is 10.1. The summed E-state index contributed by atoms with van der Waals surface area (Å²) in [7, 11) is 0. The molecule has 0 aliphatic rings. The summed E-state index contributed by atoms with van der Waals surface area (Å²) >= 11 is 0. The molecule has 0 saturated carbocycles. The first-order chi connectivity index (χ1) is 10.6. The quantitative estimate of drug-likeness (QED) is 0.849. The number of rotatable bonds is 6. The number of ether oxygens (including phenoxy) is 1. The van der Waals surface area contributed by atoms with Crippen molar-refractivity contribution in [3.8, 4) is 5.75 Å². The fraction of sp³-hybridized carbons (Fsp3) is 0.125. The summed E-state index contributed by atoms with van der Waals surface area (Å²) in [5, 5.41) is 2.49. The van der Waals surface area contributed by atoms with Crippen LogP contribution in [-0.4, -0.2) is 18.4 Å². The fourth-order valence-electron chi connectivity index (χ4n) is 1.87. The zero-order chi connectivity index (χ0) is 15.9. The molecular weight excluding hydrogens is 287 g/mol. The van der Waals surface area contributed by atoms with Gasteiger partial charge in [-0.05, 0) is 17.7 Å². The summed E-state index contributed by atoms with van der Waals surface area (Å²) in [6.07, 6.45) is 0. The Balaban J connectivity index is 1.96. The molecule has 0 radical (unpaired) electrons. The zero-order valence-corrected chi connectivity index (χ0v) is 11.7. The smallest absolute Gasteiger partial charge is 0.258 e. The van der Waals surface area contributed by atoms with Crippen molar-refractivity contribution in [3.63, 3.8) is 0 Å². The van der Waals surface area contributed by atoms with Gasteiger partial charge in [-0.2, -0.15) is 0 Å². The first-order valence-electron chi connectivity index (χ1n) is 6.58. The number of amides is 2. The molecule has 114 valence electrons. The summed E-state index contributed by atoms with van der Waals surface area (Å²) < 4.78 is 18.1. The lowest BCUT2D eigenvalue weighted by Crippen LogP contribution is -2.39. The number of hydrogen-bond acceptors (Lipinski definition) is 3. The third-order valence-electron chi connectivity index (χ3n) is 2.89. The number of primary amides is 1. The van der Waals surface area contributed by atoms with E-state index in [9.17, 15) is 14.0 Å². The van der Waals surface area contributed by atoms with Gasteiger partial charge in [0.25, 0.3) is 5.91 Å². The lowest BCUT2D eigenvalue weighted by molar-refractivity contribution is -0.128. The van der Waals surface area contributed by atoms with Gasteiger partial charge in [-0.3, -0.25) is 9.59 Å². The third-order valence-corrected chi connectivity index (χ3v) is 2.89. The first kappa shape index (κ1) is 15.5. The normalized spacial score (nSPS) is 11.5. The van der Waals surface area contributed by atoms with Crippen molar-refractivity contribution in [2.24, 2.45) is 5.73 Å². The number of halogens is 1. The molecule has 1 atom stereocenters. The van der Waals surface area contributed by atoms with E-state index in [4.69, 9.17) is 10.5 Å². The molecular formula is C16H15FN2O3. The van der Waals surface area contributed by atoms with Crippen molar-refractivity contribution in [3.05, 3.63) is 66.0 Å². The highest BCUT2D eigenvalue weighted by Gasteiger charge is 2.20. The minimum absolute atomic E-state index is 0.227. The van der Waals surface area contributed by atoms with Crippen LogP contribution in [0.2, 0.25) is 0 Å². The van der Waals surface area contributed by atoms with E-state index < -0.39 is 23.7 Å². The van der Waals surface area contributed by atoms with E-state index in [0.717, 1.165) is 6.07 Å². The van der Waals surface area contributed by atoms with E-state index in [1.54, 1.807) is 30.3 Å². The Hall–Kier alpha value is -2.89. The van der Waals surface area contributed by atoms with E-state index in [2.05, 4.69) is 5.32 Å². The molecule has 0 heterocycles. The van der Waals surface area contributed by atoms with Gasteiger partial charge in [-0.1, -0.05) is 36.4 Å². The van der Waals surface area contributed by atoms with Gasteiger partial charge < -0.3 is 15.8 Å². The molecule has 0 saturated heterocycles. The first-order valence-corrected chi connectivity index (χ1v) is 6.58. The van der Waals surface area contributed by atoms with Gasteiger partial charge in [0, 0.05) is 6.07 Å². The van der Waals surface area contributed by atoms with Crippen molar-refractivity contribution in [2.75, 3.05) is 6.61 Å². The standard InChI is InChI=1S/C16H15FN2O3/c17-12-7-4-8-13(9-12)22-10-14(20)19-15(16(18)21)11-5-2-1-3-6-11/h1-9,15H,10H2,(H2,18,21)(H,19,20)/t15-/m0/s1. The Bertz CT molecular complexity index is 661. The molecule has 0 bridgehead atoms. The van der Waals surface area contributed by atoms with Crippen LogP contribution in [0, 0.1) is 5.82 Å². The van der Waals surface area contributed by atoms with Gasteiger partial charge in [-0.15, -0.1) is 0 Å². The predicted octanol–water partition coefficient (Wildman–Crippen LogP) is 1.55. The molecule has 2 rings (SSSR count). The molecule has 6 heteroatoms. The topological polar surface area (TPSA) is 81.4 Å². The van der Waals surface area contributed by atoms with Crippen LogP contribution in [0.1, 0.15) is 11.6 Å².